The van der Waals surface area contributed by atoms with Gasteiger partial charge in [0, 0.05) is 0 Å². The number of phenolic OH excluding ortho intramolecular Hbond substituents is 1. The molecule has 0 radical (unpaired) electrons. The summed E-state index contributed by atoms with van der Waals surface area (Å²) in [5.41, 5.74) is 2.00. The molecule has 2 aromatic rings. The topological polar surface area (TPSA) is 52.8 Å². The minimum atomic E-state index is 0.452. The molecule has 0 spiro atoms. The first-order valence-electron chi connectivity index (χ1n) is 9.27. The van der Waals surface area contributed by atoms with E-state index in [2.05, 4.69) is 12.1 Å². The Hall–Kier alpha value is -2.29. The Kier molecular flexibility index (Phi) is 11.7. The number of unbranched alkanes of at least 4 members (excludes halogenated alkanes) is 6. The average molecular weight is 341 g/mol. The Morgan fingerprint density at radius 2 is 1.40 bits per heavy atom. The van der Waals surface area contributed by atoms with Crippen LogP contribution in [0.25, 0.3) is 0 Å². The molecule has 2 N–H and O–H groups in total. The number of aryl methyl sites for hydroxylation is 1. The van der Waals surface area contributed by atoms with Gasteiger partial charge in [-0.3, -0.25) is 0 Å². The second-order valence-electron chi connectivity index (χ2n) is 6.16. The smallest absolute Gasteiger partial charge is 0.118 e. The molecule has 0 bridgehead atoms. The molecule has 3 nitrogen and oxygen atoms in total. The summed E-state index contributed by atoms with van der Waals surface area (Å²) in [6.07, 6.45) is 11.7. The molecule has 3 heteroatoms. The van der Waals surface area contributed by atoms with Crippen LogP contribution < -0.4 is 0 Å². The lowest BCUT2D eigenvalue weighted by Gasteiger charge is -2.04. The van der Waals surface area contributed by atoms with E-state index in [1.807, 2.05) is 48.5 Å². The molecule has 0 unspecified atom stereocenters. The molecule has 0 aromatic heterocycles. The molecular weight excluding hydrogens is 310 g/mol. The molecule has 0 aliphatic rings. The third-order valence-corrected chi connectivity index (χ3v) is 4.05. The van der Waals surface area contributed by atoms with E-state index in [1.54, 1.807) is 6.07 Å². The molecule has 0 aliphatic heterocycles. The van der Waals surface area contributed by atoms with Crippen LogP contribution in [0.15, 0.2) is 59.8 Å². The lowest BCUT2D eigenvalue weighted by molar-refractivity contribution is 0.322. The number of aromatic hydroxyl groups is 1. The maximum Gasteiger partial charge on any atom is 0.118 e. The monoisotopic (exact) mass is 341 g/mol. The van der Waals surface area contributed by atoms with E-state index in [0.717, 1.165) is 17.5 Å². The van der Waals surface area contributed by atoms with Gasteiger partial charge in [0.15, 0.2) is 0 Å². The van der Waals surface area contributed by atoms with Crippen LogP contribution in [0, 0.1) is 0 Å². The molecule has 0 saturated carbocycles. The van der Waals surface area contributed by atoms with E-state index >= 15 is 0 Å². The van der Waals surface area contributed by atoms with Crippen molar-refractivity contribution in [1.29, 1.82) is 0 Å². The molecule has 25 heavy (non-hydrogen) atoms. The third kappa shape index (κ3) is 10.2. The van der Waals surface area contributed by atoms with Crippen molar-refractivity contribution in [2.45, 2.75) is 58.3 Å². The fraction of sp³-hybridized carbons (Fsp3) is 0.409. The van der Waals surface area contributed by atoms with Crippen molar-refractivity contribution in [2.75, 3.05) is 0 Å². The molecule has 0 heterocycles. The second-order valence-corrected chi connectivity index (χ2v) is 6.16. The SMILES string of the molecule is CCCCCCCCCc1ccccc1O.ON=Cc1ccccc1. The number of rotatable bonds is 9. The summed E-state index contributed by atoms with van der Waals surface area (Å²) in [7, 11) is 0. The quantitative estimate of drug-likeness (QED) is 0.248. The molecule has 0 aliphatic carbocycles. The van der Waals surface area contributed by atoms with Gasteiger partial charge in [0.1, 0.15) is 5.75 Å². The first-order valence-corrected chi connectivity index (χ1v) is 9.27. The van der Waals surface area contributed by atoms with Gasteiger partial charge in [0.25, 0.3) is 0 Å². The highest BCUT2D eigenvalue weighted by Gasteiger charge is 1.98. The maximum atomic E-state index is 9.58. The molecule has 0 fully saturated rings. The van der Waals surface area contributed by atoms with Crippen molar-refractivity contribution in [3.8, 4) is 5.75 Å². The van der Waals surface area contributed by atoms with Crippen LogP contribution in [0.1, 0.15) is 63.0 Å². The standard InChI is InChI=1S/C15H24O.C7H7NO/c1-2-3-4-5-6-7-8-11-14-12-9-10-13-15(14)16;9-8-6-7-4-2-1-3-5-7/h9-10,12-13,16H,2-8,11H2,1H3;1-6,9H. The van der Waals surface area contributed by atoms with Crippen LogP contribution in [-0.2, 0) is 6.42 Å². The number of benzene rings is 2. The normalized spacial score (nSPS) is 10.4. The predicted molar refractivity (Wildman–Crippen MR) is 106 cm³/mol. The molecule has 0 atom stereocenters. The van der Waals surface area contributed by atoms with Gasteiger partial charge in [-0.25, -0.2) is 0 Å². The number of hydrogen-bond donors (Lipinski definition) is 2. The second kappa shape index (κ2) is 14.1. The summed E-state index contributed by atoms with van der Waals surface area (Å²) < 4.78 is 0. The summed E-state index contributed by atoms with van der Waals surface area (Å²) in [4.78, 5) is 0. The summed E-state index contributed by atoms with van der Waals surface area (Å²) in [6, 6.07) is 17.1. The Morgan fingerprint density at radius 1 is 0.800 bits per heavy atom. The highest BCUT2D eigenvalue weighted by molar-refractivity contribution is 5.78. The van der Waals surface area contributed by atoms with Gasteiger partial charge < -0.3 is 10.3 Å². The van der Waals surface area contributed by atoms with Gasteiger partial charge in [0.2, 0.25) is 0 Å². The van der Waals surface area contributed by atoms with Gasteiger partial charge in [0.05, 0.1) is 6.21 Å². The number of phenols is 1. The highest BCUT2D eigenvalue weighted by Crippen LogP contribution is 2.18. The largest absolute Gasteiger partial charge is 0.508 e. The first-order chi connectivity index (χ1) is 12.3. The van der Waals surface area contributed by atoms with Gasteiger partial charge in [-0.05, 0) is 30.0 Å². The minimum absolute atomic E-state index is 0.452. The van der Waals surface area contributed by atoms with Crippen LogP contribution in [0.2, 0.25) is 0 Å². The van der Waals surface area contributed by atoms with E-state index < -0.39 is 0 Å². The fourth-order valence-electron chi connectivity index (χ4n) is 2.60. The van der Waals surface area contributed by atoms with Crippen LogP contribution >= 0.6 is 0 Å². The van der Waals surface area contributed by atoms with E-state index in [1.165, 1.54) is 51.2 Å². The highest BCUT2D eigenvalue weighted by atomic mass is 16.4. The Labute approximate surface area is 152 Å². The molecule has 136 valence electrons. The summed E-state index contributed by atoms with van der Waals surface area (Å²) in [5, 5.41) is 20.6. The first kappa shape index (κ1) is 20.8. The molecule has 2 aromatic carbocycles. The summed E-state index contributed by atoms with van der Waals surface area (Å²) in [6.45, 7) is 2.25. The third-order valence-electron chi connectivity index (χ3n) is 4.05. The minimum Gasteiger partial charge on any atom is -0.508 e. The Balaban J connectivity index is 0.000000293. The van der Waals surface area contributed by atoms with Crippen LogP contribution in [0.4, 0.5) is 0 Å². The van der Waals surface area contributed by atoms with E-state index in [9.17, 15) is 5.11 Å². The zero-order valence-electron chi connectivity index (χ0n) is 15.3. The fourth-order valence-corrected chi connectivity index (χ4v) is 2.60. The van der Waals surface area contributed by atoms with Gasteiger partial charge >= 0.3 is 0 Å². The predicted octanol–water partition coefficient (Wildman–Crippen LogP) is 6.18. The van der Waals surface area contributed by atoms with E-state index in [-0.39, 0.29) is 0 Å². The number of nitrogens with zero attached hydrogens (tertiary/aromatic N) is 1. The molecule has 0 amide bonds. The lowest BCUT2D eigenvalue weighted by atomic mass is 10.0. The van der Waals surface area contributed by atoms with Crippen molar-refractivity contribution >= 4 is 6.21 Å². The molecule has 2 rings (SSSR count). The Bertz CT molecular complexity index is 582. The molecular formula is C22H31NO2. The van der Waals surface area contributed by atoms with Gasteiger partial charge in [-0.2, -0.15) is 0 Å². The van der Waals surface area contributed by atoms with Crippen LogP contribution in [0.3, 0.4) is 0 Å². The van der Waals surface area contributed by atoms with Crippen molar-refractivity contribution in [2.24, 2.45) is 5.16 Å². The zero-order valence-corrected chi connectivity index (χ0v) is 15.3. The van der Waals surface area contributed by atoms with Crippen molar-refractivity contribution < 1.29 is 10.3 Å². The summed E-state index contributed by atoms with van der Waals surface area (Å²) >= 11 is 0. The van der Waals surface area contributed by atoms with Crippen molar-refractivity contribution in [3.63, 3.8) is 0 Å². The van der Waals surface area contributed by atoms with Crippen LogP contribution in [-0.4, -0.2) is 16.5 Å². The lowest BCUT2D eigenvalue weighted by Crippen LogP contribution is -1.87. The number of hydrogen-bond acceptors (Lipinski definition) is 3. The van der Waals surface area contributed by atoms with Crippen molar-refractivity contribution in [1.82, 2.24) is 0 Å². The zero-order chi connectivity index (χ0) is 18.2. The maximum absolute atomic E-state index is 9.58. The number of para-hydroxylation sites is 1. The summed E-state index contributed by atoms with van der Waals surface area (Å²) in [5.74, 6) is 0.452. The average Bonchev–Trinajstić information content (AvgIpc) is 2.64. The van der Waals surface area contributed by atoms with Crippen molar-refractivity contribution in [3.05, 3.63) is 65.7 Å². The molecule has 0 saturated heterocycles. The number of oxime groups is 1. The van der Waals surface area contributed by atoms with Crippen LogP contribution in [0.5, 0.6) is 5.75 Å². The Morgan fingerprint density at radius 3 is 2.04 bits per heavy atom. The van der Waals surface area contributed by atoms with E-state index in [4.69, 9.17) is 5.21 Å². The van der Waals surface area contributed by atoms with E-state index in [0.29, 0.717) is 5.75 Å². The van der Waals surface area contributed by atoms with Gasteiger partial charge in [-0.1, -0.05) is 99.1 Å². The van der Waals surface area contributed by atoms with Gasteiger partial charge in [-0.15, -0.1) is 0 Å².